The molecule has 0 aromatic carbocycles. The zero-order chi connectivity index (χ0) is 24.3. The summed E-state index contributed by atoms with van der Waals surface area (Å²) in [6, 6.07) is 3.77. The smallest absolute Gasteiger partial charge is 0.299 e. The molecule has 0 radical (unpaired) electrons. The van der Waals surface area contributed by atoms with Crippen molar-refractivity contribution in [3.8, 4) is 0 Å². The van der Waals surface area contributed by atoms with Crippen LogP contribution in [0.4, 0.5) is 39.5 Å². The second kappa shape index (κ2) is 12.0. The second-order valence-corrected chi connectivity index (χ2v) is 5.47. The number of aromatic nitrogens is 1. The molecule has 0 saturated carbocycles. The number of Topliss-reactive ketones (excluding diaryl/α,β-unsaturated/α-hetero) is 3. The van der Waals surface area contributed by atoms with E-state index < -0.39 is 36.4 Å². The van der Waals surface area contributed by atoms with Crippen LogP contribution in [-0.4, -0.2) is 47.1 Å². The Morgan fingerprint density at radius 3 is 1.57 bits per heavy atom. The first-order valence-corrected chi connectivity index (χ1v) is 7.50. The quantitative estimate of drug-likeness (QED) is 0.392. The third kappa shape index (κ3) is 14.2. The molecule has 1 aromatic rings. The largest absolute Gasteiger partial charge is 0.458 e. The van der Waals surface area contributed by atoms with Crippen molar-refractivity contribution in [3.05, 3.63) is 30.1 Å². The van der Waals surface area contributed by atoms with Gasteiger partial charge in [0.15, 0.2) is 0 Å². The topological polar surface area (TPSA) is 81.2 Å². The summed E-state index contributed by atoms with van der Waals surface area (Å²) in [6.45, 7) is 3.83. The number of ketones is 3. The molecule has 14 heteroatoms. The van der Waals surface area contributed by atoms with E-state index >= 15 is 0 Å². The Labute approximate surface area is 163 Å². The van der Waals surface area contributed by atoms with Gasteiger partial charge in [0.25, 0.3) is 0 Å². The number of nitrogens with zero attached hydrogens (tertiary/aromatic N) is 1. The molecular formula is C16H14F9NO4. The Kier molecular flexibility index (Phi) is 11.8. The van der Waals surface area contributed by atoms with Crippen molar-refractivity contribution in [1.29, 1.82) is 0 Å². The maximum Gasteiger partial charge on any atom is 0.458 e. The molecule has 170 valence electrons. The van der Waals surface area contributed by atoms with Crippen molar-refractivity contribution in [2.24, 2.45) is 5.92 Å². The molecule has 1 aromatic heterocycles. The summed E-state index contributed by atoms with van der Waals surface area (Å²) < 4.78 is 98.2. The average molecular weight is 455 g/mol. The molecule has 0 amide bonds. The zero-order valence-electron chi connectivity index (χ0n) is 15.2. The Bertz CT molecular complexity index is 684. The Hall–Kier alpha value is -2.80. The molecule has 1 rings (SSSR count). The van der Waals surface area contributed by atoms with Gasteiger partial charge in [0, 0.05) is 24.7 Å². The lowest BCUT2D eigenvalue weighted by Crippen LogP contribution is -2.39. The maximum atomic E-state index is 11.3. The normalized spacial score (nSPS) is 11.5. The van der Waals surface area contributed by atoms with Crippen molar-refractivity contribution >= 4 is 23.6 Å². The van der Waals surface area contributed by atoms with Crippen LogP contribution in [0.3, 0.4) is 0 Å². The van der Waals surface area contributed by atoms with E-state index in [9.17, 15) is 53.9 Å². The molecule has 0 aliphatic rings. The summed E-state index contributed by atoms with van der Waals surface area (Å²) in [6.07, 6.45) is -13.3. The summed E-state index contributed by atoms with van der Waals surface area (Å²) in [5.74, 6) is -6.43. The van der Waals surface area contributed by atoms with Crippen molar-refractivity contribution < 1.29 is 58.7 Å². The van der Waals surface area contributed by atoms with Crippen molar-refractivity contribution in [1.82, 2.24) is 4.98 Å². The molecule has 0 N–H and O–H groups in total. The predicted octanol–water partition coefficient (Wildman–Crippen LogP) is 3.85. The average Bonchev–Trinajstić information content (AvgIpc) is 2.60. The summed E-state index contributed by atoms with van der Waals surface area (Å²) in [5.41, 5.74) is 0.996. The number of carbonyl (C=O) groups excluding carboxylic acids is 4. The van der Waals surface area contributed by atoms with Crippen LogP contribution < -0.4 is 0 Å². The van der Waals surface area contributed by atoms with Crippen LogP contribution in [0, 0.1) is 5.92 Å². The Morgan fingerprint density at radius 2 is 1.33 bits per heavy atom. The highest BCUT2D eigenvalue weighted by Gasteiger charge is 2.54. The number of hydrogen-bond acceptors (Lipinski definition) is 5. The van der Waals surface area contributed by atoms with E-state index in [1.807, 2.05) is 26.0 Å². The van der Waals surface area contributed by atoms with E-state index in [4.69, 9.17) is 4.79 Å². The van der Waals surface area contributed by atoms with E-state index in [-0.39, 0.29) is 11.7 Å². The minimum Gasteiger partial charge on any atom is -0.299 e. The molecule has 0 bridgehead atoms. The summed E-state index contributed by atoms with van der Waals surface area (Å²) in [4.78, 5) is 43.2. The number of rotatable bonds is 4. The van der Waals surface area contributed by atoms with E-state index in [1.54, 1.807) is 12.4 Å². The first-order valence-electron chi connectivity index (χ1n) is 7.50. The van der Waals surface area contributed by atoms with Gasteiger partial charge in [-0.3, -0.25) is 24.2 Å². The number of pyridine rings is 1. The number of halogens is 9. The highest BCUT2D eigenvalue weighted by Crippen LogP contribution is 2.24. The number of hydrogen-bond donors (Lipinski definition) is 0. The fourth-order valence-electron chi connectivity index (χ4n) is 1.17. The highest BCUT2D eigenvalue weighted by atomic mass is 19.4. The van der Waals surface area contributed by atoms with Gasteiger partial charge in [0.05, 0.1) is 0 Å². The molecule has 5 nitrogen and oxygen atoms in total. The maximum absolute atomic E-state index is 11.3. The van der Waals surface area contributed by atoms with Crippen LogP contribution >= 0.6 is 0 Å². The Balaban J connectivity index is 0. The summed E-state index contributed by atoms with van der Waals surface area (Å²) in [7, 11) is 0. The molecular weight excluding hydrogens is 441 g/mol. The van der Waals surface area contributed by atoms with Gasteiger partial charge in [-0.05, 0) is 11.6 Å². The van der Waals surface area contributed by atoms with Gasteiger partial charge in [0.1, 0.15) is 5.78 Å². The van der Waals surface area contributed by atoms with Crippen LogP contribution in [0.1, 0.15) is 19.4 Å². The molecule has 0 aliphatic carbocycles. The summed E-state index contributed by atoms with van der Waals surface area (Å²) in [5, 5.41) is 0. The first-order chi connectivity index (χ1) is 13.3. The van der Waals surface area contributed by atoms with Crippen molar-refractivity contribution in [3.63, 3.8) is 0 Å². The molecule has 0 spiro atoms. The van der Waals surface area contributed by atoms with E-state index in [0.29, 0.717) is 6.42 Å². The van der Waals surface area contributed by atoms with Crippen LogP contribution in [-0.2, 0) is 25.6 Å². The lowest BCUT2D eigenvalue weighted by molar-refractivity contribution is -0.193. The van der Waals surface area contributed by atoms with Gasteiger partial charge < -0.3 is 0 Å². The van der Waals surface area contributed by atoms with E-state index in [0.717, 1.165) is 5.56 Å². The van der Waals surface area contributed by atoms with Gasteiger partial charge in [-0.25, -0.2) is 0 Å². The van der Waals surface area contributed by atoms with E-state index in [2.05, 4.69) is 4.98 Å². The van der Waals surface area contributed by atoms with Gasteiger partial charge >= 0.3 is 30.1 Å². The van der Waals surface area contributed by atoms with Crippen LogP contribution in [0.5, 0.6) is 0 Å². The molecule has 0 aliphatic heterocycles. The van der Waals surface area contributed by atoms with Crippen LogP contribution in [0.15, 0.2) is 24.5 Å². The molecule has 30 heavy (non-hydrogen) atoms. The molecule has 0 unspecified atom stereocenters. The lowest BCUT2D eigenvalue weighted by Gasteiger charge is -2.05. The van der Waals surface area contributed by atoms with Crippen molar-refractivity contribution in [2.45, 2.75) is 38.8 Å². The third-order valence-electron chi connectivity index (χ3n) is 2.60. The minimum atomic E-state index is -5.77. The lowest BCUT2D eigenvalue weighted by atomic mass is 10.0. The molecule has 1 heterocycles. The fraction of sp³-hybridized carbons (Fsp3) is 0.438. The monoisotopic (exact) mass is 455 g/mol. The van der Waals surface area contributed by atoms with Crippen molar-refractivity contribution in [2.75, 3.05) is 0 Å². The predicted molar refractivity (Wildman–Crippen MR) is 82.0 cm³/mol. The fourth-order valence-corrected chi connectivity index (χ4v) is 1.17. The van der Waals surface area contributed by atoms with Crippen LogP contribution in [0.2, 0.25) is 0 Å². The van der Waals surface area contributed by atoms with Gasteiger partial charge in [-0.2, -0.15) is 39.5 Å². The molecule has 0 saturated heterocycles. The number of carbonyl (C=O) groups is 4. The third-order valence-corrected chi connectivity index (χ3v) is 2.60. The first kappa shape index (κ1) is 29.4. The summed E-state index contributed by atoms with van der Waals surface area (Å²) >= 11 is 0. The SMILES string of the molecule is CC(C)C(=O)Cc1cccnc1.O=C(C(=O)C(F)(F)F)C(F)(F)F.O=CC(F)(F)F. The standard InChI is InChI=1S/C10H13NO.C4F6O2.C2HF3O/c1-8(2)10(12)6-9-4-3-5-11-7-9;5-3(6,7)1(11)2(12)4(8,9)10;3-2(4,5)1-6/h3-5,7-8H,6H2,1-2H3;;1H. The second-order valence-electron chi connectivity index (χ2n) is 5.47. The zero-order valence-corrected chi connectivity index (χ0v) is 15.2. The van der Waals surface area contributed by atoms with Gasteiger partial charge in [-0.15, -0.1) is 0 Å². The molecule has 0 fully saturated rings. The minimum absolute atomic E-state index is 0.116. The highest BCUT2D eigenvalue weighted by molar-refractivity contribution is 6.41. The van der Waals surface area contributed by atoms with Gasteiger partial charge in [0.2, 0.25) is 6.29 Å². The van der Waals surface area contributed by atoms with E-state index in [1.165, 1.54) is 0 Å². The van der Waals surface area contributed by atoms with Gasteiger partial charge in [-0.1, -0.05) is 19.9 Å². The molecule has 0 atom stereocenters. The number of alkyl halides is 9. The number of aldehydes is 1. The van der Waals surface area contributed by atoms with Crippen LogP contribution in [0.25, 0.3) is 0 Å². The Morgan fingerprint density at radius 1 is 0.933 bits per heavy atom.